The van der Waals surface area contributed by atoms with Crippen LogP contribution in [-0.2, 0) is 22.6 Å². The molecule has 1 saturated heterocycles. The van der Waals surface area contributed by atoms with Gasteiger partial charge in [-0.1, -0.05) is 152 Å². The fraction of sp³-hybridized carbons (Fsp3) is 0.227. The summed E-state index contributed by atoms with van der Waals surface area (Å²) in [6, 6.07) is 44.2. The van der Waals surface area contributed by atoms with Crippen molar-refractivity contribution in [3.05, 3.63) is 156 Å². The zero-order valence-electron chi connectivity index (χ0n) is 29.8. The molecule has 9 heteroatoms. The van der Waals surface area contributed by atoms with E-state index in [0.717, 1.165) is 56.0 Å². The SMILES string of the molecule is CCNC(=O)NCc1ccccc1-c1ccc([C@@H]2O[C@H](CSc3nc(-c4ccccc4)c(-c4ccccc4)o3)[C@H](C)[C@H](c3ccc(CO)cc3)O2)cc1. The largest absolute Gasteiger partial charge is 0.431 e. The number of oxazole rings is 1. The molecule has 7 rings (SSSR count). The number of carbonyl (C=O) groups excluding carboxylic acids is 1. The number of nitrogens with one attached hydrogen (secondary N) is 2. The van der Waals surface area contributed by atoms with Crippen molar-refractivity contribution < 1.29 is 23.8 Å². The number of thioether (sulfide) groups is 1. The van der Waals surface area contributed by atoms with E-state index in [4.69, 9.17) is 18.9 Å². The second-order valence-electron chi connectivity index (χ2n) is 13.0. The number of nitrogens with zero attached hydrogens (tertiary/aromatic N) is 1. The van der Waals surface area contributed by atoms with Crippen molar-refractivity contribution in [2.45, 2.75) is 50.7 Å². The van der Waals surface area contributed by atoms with Gasteiger partial charge in [-0.15, -0.1) is 0 Å². The molecule has 3 N–H and O–H groups in total. The van der Waals surface area contributed by atoms with Crippen LogP contribution in [0.3, 0.4) is 0 Å². The van der Waals surface area contributed by atoms with Gasteiger partial charge in [0.15, 0.2) is 12.1 Å². The van der Waals surface area contributed by atoms with Crippen molar-refractivity contribution >= 4 is 17.8 Å². The van der Waals surface area contributed by atoms with Crippen LogP contribution in [0.5, 0.6) is 0 Å². The fourth-order valence-corrected chi connectivity index (χ4v) is 7.56. The number of urea groups is 1. The Morgan fingerprint density at radius 2 is 1.42 bits per heavy atom. The van der Waals surface area contributed by atoms with Gasteiger partial charge in [0.25, 0.3) is 5.22 Å². The van der Waals surface area contributed by atoms with Crippen molar-refractivity contribution in [3.63, 3.8) is 0 Å². The smallest absolute Gasteiger partial charge is 0.315 e. The maximum Gasteiger partial charge on any atom is 0.315 e. The summed E-state index contributed by atoms with van der Waals surface area (Å²) in [5.41, 5.74) is 8.64. The van der Waals surface area contributed by atoms with E-state index >= 15 is 0 Å². The molecule has 1 fully saturated rings. The number of carbonyl (C=O) groups is 1. The number of aromatic nitrogens is 1. The molecule has 0 saturated carbocycles. The third-order valence-corrected chi connectivity index (χ3v) is 10.4. The molecule has 5 aromatic carbocycles. The highest BCUT2D eigenvalue weighted by Gasteiger charge is 2.38. The van der Waals surface area contributed by atoms with Gasteiger partial charge in [0.1, 0.15) is 5.69 Å². The Morgan fingerprint density at radius 3 is 2.11 bits per heavy atom. The molecule has 4 atom stereocenters. The van der Waals surface area contributed by atoms with E-state index in [9.17, 15) is 9.90 Å². The Hall–Kier alpha value is -5.19. The molecule has 270 valence electrons. The average molecular weight is 726 g/mol. The van der Waals surface area contributed by atoms with E-state index in [0.29, 0.717) is 24.1 Å². The first-order valence-electron chi connectivity index (χ1n) is 18.0. The van der Waals surface area contributed by atoms with Gasteiger partial charge in [-0.3, -0.25) is 0 Å². The Morgan fingerprint density at radius 1 is 0.755 bits per heavy atom. The minimum Gasteiger partial charge on any atom is -0.431 e. The second kappa shape index (κ2) is 17.1. The maximum atomic E-state index is 12.1. The van der Waals surface area contributed by atoms with Gasteiger partial charge in [0, 0.05) is 41.5 Å². The number of ether oxygens (including phenoxy) is 2. The third-order valence-electron chi connectivity index (χ3n) is 9.47. The number of aliphatic hydroxyl groups is 1. The lowest BCUT2D eigenvalue weighted by Crippen LogP contribution is -2.38. The molecule has 1 aliphatic rings. The molecule has 8 nitrogen and oxygen atoms in total. The zero-order valence-corrected chi connectivity index (χ0v) is 30.6. The first-order chi connectivity index (χ1) is 26.0. The Bertz CT molecular complexity index is 2030. The van der Waals surface area contributed by atoms with Gasteiger partial charge >= 0.3 is 6.03 Å². The van der Waals surface area contributed by atoms with Crippen LogP contribution in [-0.4, -0.2) is 34.5 Å². The predicted octanol–water partition coefficient (Wildman–Crippen LogP) is 9.57. The van der Waals surface area contributed by atoms with Crippen LogP contribution in [0.25, 0.3) is 33.7 Å². The van der Waals surface area contributed by atoms with Crippen molar-refractivity contribution in [2.75, 3.05) is 12.3 Å². The number of amides is 2. The molecule has 0 aliphatic carbocycles. The fourth-order valence-electron chi connectivity index (χ4n) is 6.58. The first kappa shape index (κ1) is 36.2. The Labute approximate surface area is 314 Å². The summed E-state index contributed by atoms with van der Waals surface area (Å²) < 4.78 is 19.9. The van der Waals surface area contributed by atoms with Gasteiger partial charge in [-0.25, -0.2) is 9.78 Å². The van der Waals surface area contributed by atoms with Crippen LogP contribution < -0.4 is 10.6 Å². The van der Waals surface area contributed by atoms with E-state index < -0.39 is 6.29 Å². The number of benzene rings is 5. The summed E-state index contributed by atoms with van der Waals surface area (Å²) in [5.74, 6) is 1.33. The van der Waals surface area contributed by atoms with E-state index in [2.05, 4.69) is 35.8 Å². The quantitative estimate of drug-likeness (QED) is 0.108. The van der Waals surface area contributed by atoms with Crippen LogP contribution in [0, 0.1) is 5.92 Å². The second-order valence-corrected chi connectivity index (χ2v) is 14.0. The van der Waals surface area contributed by atoms with Crippen molar-refractivity contribution in [2.24, 2.45) is 5.92 Å². The van der Waals surface area contributed by atoms with Crippen LogP contribution in [0.2, 0.25) is 0 Å². The summed E-state index contributed by atoms with van der Waals surface area (Å²) >= 11 is 1.54. The van der Waals surface area contributed by atoms with Gasteiger partial charge in [0.05, 0.1) is 18.8 Å². The normalized spacial score (nSPS) is 18.4. The monoisotopic (exact) mass is 725 g/mol. The van der Waals surface area contributed by atoms with E-state index in [1.165, 1.54) is 0 Å². The zero-order chi connectivity index (χ0) is 36.6. The molecule has 0 spiro atoms. The number of hydrogen-bond donors (Lipinski definition) is 3. The van der Waals surface area contributed by atoms with Gasteiger partial charge < -0.3 is 29.6 Å². The molecule has 1 aromatic heterocycles. The lowest BCUT2D eigenvalue weighted by Gasteiger charge is -2.41. The first-order valence-corrected chi connectivity index (χ1v) is 18.9. The highest BCUT2D eigenvalue weighted by atomic mass is 32.2. The van der Waals surface area contributed by atoms with Crippen molar-refractivity contribution in [1.82, 2.24) is 15.6 Å². The number of aliphatic hydroxyl groups excluding tert-OH is 1. The summed E-state index contributed by atoms with van der Waals surface area (Å²) in [7, 11) is 0. The molecular weight excluding hydrogens is 683 g/mol. The molecule has 0 bridgehead atoms. The summed E-state index contributed by atoms with van der Waals surface area (Å²) in [6.07, 6.45) is -1.07. The molecular formula is C44H43N3O5S. The molecule has 2 amide bonds. The third kappa shape index (κ3) is 8.56. The van der Waals surface area contributed by atoms with Crippen LogP contribution in [0.1, 0.15) is 48.5 Å². The summed E-state index contributed by atoms with van der Waals surface area (Å²) in [4.78, 5) is 17.1. The minimum atomic E-state index is -0.618. The van der Waals surface area contributed by atoms with E-state index in [1.54, 1.807) is 11.8 Å². The summed E-state index contributed by atoms with van der Waals surface area (Å²) in [5, 5.41) is 16.0. The summed E-state index contributed by atoms with van der Waals surface area (Å²) in [6.45, 7) is 5.01. The minimum absolute atomic E-state index is 0.000523. The van der Waals surface area contributed by atoms with Gasteiger partial charge in [0.2, 0.25) is 0 Å². The van der Waals surface area contributed by atoms with Crippen LogP contribution >= 0.6 is 11.8 Å². The lowest BCUT2D eigenvalue weighted by atomic mass is 9.91. The number of rotatable bonds is 12. The topological polar surface area (TPSA) is 106 Å². The lowest BCUT2D eigenvalue weighted by molar-refractivity contribution is -0.268. The van der Waals surface area contributed by atoms with Crippen molar-refractivity contribution in [3.8, 4) is 33.7 Å². The van der Waals surface area contributed by atoms with Crippen LogP contribution in [0.15, 0.2) is 143 Å². The predicted molar refractivity (Wildman–Crippen MR) is 209 cm³/mol. The molecule has 1 aliphatic heterocycles. The standard InChI is InChI=1S/C44H43N3O5S/c1-3-45-43(49)46-26-36-16-10-11-17-37(36)31-22-24-35(25-23-31)42-50-38(29(2)40(51-42)34-20-18-30(27-48)19-21-34)28-53-44-47-39(32-12-6-4-7-13-32)41(52-44)33-14-8-5-9-15-33/h4-25,29,38,40,42,48H,3,26-28H2,1-2H3,(H2,45,46,49)/t29-,38+,40+,42+/m0/s1. The maximum absolute atomic E-state index is 12.1. The average Bonchev–Trinajstić information content (AvgIpc) is 3.65. The molecule has 53 heavy (non-hydrogen) atoms. The Balaban J connectivity index is 1.14. The highest BCUT2D eigenvalue weighted by Crippen LogP contribution is 2.44. The van der Waals surface area contributed by atoms with Gasteiger partial charge in [-0.2, -0.15) is 0 Å². The molecule has 6 aromatic rings. The Kier molecular flexibility index (Phi) is 11.7. The van der Waals surface area contributed by atoms with E-state index in [1.807, 2.05) is 122 Å². The van der Waals surface area contributed by atoms with Crippen LogP contribution in [0.4, 0.5) is 4.79 Å². The van der Waals surface area contributed by atoms with E-state index in [-0.39, 0.29) is 30.8 Å². The molecule has 0 radical (unpaired) electrons. The molecule has 2 heterocycles. The number of hydrogen-bond acceptors (Lipinski definition) is 7. The molecule has 0 unspecified atom stereocenters. The highest BCUT2D eigenvalue weighted by molar-refractivity contribution is 7.99. The van der Waals surface area contributed by atoms with Gasteiger partial charge in [-0.05, 0) is 34.7 Å². The van der Waals surface area contributed by atoms with Crippen molar-refractivity contribution in [1.29, 1.82) is 0 Å².